The standard InChI is InChI=1S/C26H31N3OS.ClH/c30-26(29-13-5-2-6-14-29)25-20-22-23(10-7-11-24(22)31-25)28-18-16-27(17-19-28)15-12-21-8-3-1-4-9-21;/h1,3-4,7-11,20H,2,5-6,12-19H2;1H. The number of hydrogen-bond donors (Lipinski definition) is 0. The van der Waals surface area contributed by atoms with E-state index < -0.39 is 0 Å². The van der Waals surface area contributed by atoms with Crippen LogP contribution in [0.25, 0.3) is 10.1 Å². The minimum Gasteiger partial charge on any atom is -0.368 e. The van der Waals surface area contributed by atoms with Crippen LogP contribution in [0.5, 0.6) is 0 Å². The molecular formula is C26H32ClN3OS. The number of piperidine rings is 1. The molecule has 5 rings (SSSR count). The zero-order chi connectivity index (χ0) is 21.0. The van der Waals surface area contributed by atoms with E-state index in [4.69, 9.17) is 0 Å². The maximum absolute atomic E-state index is 13.0. The van der Waals surface area contributed by atoms with Crippen molar-refractivity contribution in [3.05, 3.63) is 65.0 Å². The van der Waals surface area contributed by atoms with Gasteiger partial charge in [-0.15, -0.1) is 23.7 Å². The molecule has 0 spiro atoms. The third-order valence-electron chi connectivity index (χ3n) is 6.67. The second-order valence-corrected chi connectivity index (χ2v) is 9.80. The third-order valence-corrected chi connectivity index (χ3v) is 7.75. The van der Waals surface area contributed by atoms with Crippen LogP contribution >= 0.6 is 23.7 Å². The molecule has 0 saturated carbocycles. The summed E-state index contributed by atoms with van der Waals surface area (Å²) >= 11 is 1.66. The van der Waals surface area contributed by atoms with Gasteiger partial charge >= 0.3 is 0 Å². The monoisotopic (exact) mass is 469 g/mol. The highest BCUT2D eigenvalue weighted by Gasteiger charge is 2.23. The number of halogens is 1. The van der Waals surface area contributed by atoms with Gasteiger partial charge in [0.05, 0.1) is 4.88 Å². The first-order valence-electron chi connectivity index (χ1n) is 11.6. The number of likely N-dealkylation sites (tertiary alicyclic amines) is 1. The predicted molar refractivity (Wildman–Crippen MR) is 138 cm³/mol. The lowest BCUT2D eigenvalue weighted by Crippen LogP contribution is -2.47. The first-order chi connectivity index (χ1) is 15.3. The number of fused-ring (bicyclic) bond motifs is 1. The molecule has 0 aliphatic carbocycles. The Labute approximate surface area is 201 Å². The van der Waals surface area contributed by atoms with Crippen LogP contribution in [0.4, 0.5) is 5.69 Å². The number of rotatable bonds is 5. The number of amides is 1. The van der Waals surface area contributed by atoms with E-state index in [1.54, 1.807) is 11.3 Å². The van der Waals surface area contributed by atoms with Gasteiger partial charge in [0.2, 0.25) is 0 Å². The molecule has 0 bridgehead atoms. The largest absolute Gasteiger partial charge is 0.368 e. The molecule has 2 fully saturated rings. The van der Waals surface area contributed by atoms with Gasteiger partial charge in [-0.1, -0.05) is 36.4 Å². The van der Waals surface area contributed by atoms with Crippen molar-refractivity contribution in [3.63, 3.8) is 0 Å². The van der Waals surface area contributed by atoms with Crippen LogP contribution in [0, 0.1) is 0 Å². The number of benzene rings is 2. The lowest BCUT2D eigenvalue weighted by molar-refractivity contribution is 0.0729. The van der Waals surface area contributed by atoms with Gasteiger partial charge in [0, 0.05) is 61.6 Å². The van der Waals surface area contributed by atoms with Crippen molar-refractivity contribution in [1.29, 1.82) is 0 Å². The number of thiophene rings is 1. The van der Waals surface area contributed by atoms with E-state index in [1.807, 2.05) is 4.90 Å². The van der Waals surface area contributed by atoms with Crippen molar-refractivity contribution in [3.8, 4) is 0 Å². The molecule has 6 heteroatoms. The van der Waals surface area contributed by atoms with Crippen LogP contribution in [0.1, 0.15) is 34.5 Å². The minimum atomic E-state index is 0. The highest BCUT2D eigenvalue weighted by atomic mass is 35.5. The molecule has 4 nitrogen and oxygen atoms in total. The van der Waals surface area contributed by atoms with Gasteiger partial charge in [-0.2, -0.15) is 0 Å². The van der Waals surface area contributed by atoms with Gasteiger partial charge in [-0.3, -0.25) is 9.69 Å². The van der Waals surface area contributed by atoms with E-state index in [2.05, 4.69) is 64.4 Å². The number of piperazine rings is 1. The quantitative estimate of drug-likeness (QED) is 0.506. The Balaban J connectivity index is 0.00000245. The summed E-state index contributed by atoms with van der Waals surface area (Å²) in [6.45, 7) is 7.20. The highest BCUT2D eigenvalue weighted by Crippen LogP contribution is 2.34. The smallest absolute Gasteiger partial charge is 0.263 e. The van der Waals surface area contributed by atoms with E-state index in [-0.39, 0.29) is 18.3 Å². The van der Waals surface area contributed by atoms with Gasteiger partial charge in [-0.05, 0) is 49.4 Å². The SMILES string of the molecule is Cl.O=C(c1cc2c(N3CCN(CCc4ccccc4)CC3)cccc2s1)N1CCCCC1. The summed E-state index contributed by atoms with van der Waals surface area (Å²) in [6.07, 6.45) is 4.63. The third kappa shape index (κ3) is 5.11. The molecule has 0 radical (unpaired) electrons. The topological polar surface area (TPSA) is 26.8 Å². The average Bonchev–Trinajstić information content (AvgIpc) is 3.28. The second kappa shape index (κ2) is 10.7. The summed E-state index contributed by atoms with van der Waals surface area (Å²) in [5.74, 6) is 0.220. The van der Waals surface area contributed by atoms with E-state index in [9.17, 15) is 4.79 Å². The number of anilines is 1. The van der Waals surface area contributed by atoms with E-state index in [0.717, 1.165) is 70.0 Å². The van der Waals surface area contributed by atoms with Crippen molar-refractivity contribution in [1.82, 2.24) is 9.80 Å². The average molecular weight is 470 g/mol. The zero-order valence-electron chi connectivity index (χ0n) is 18.5. The summed E-state index contributed by atoms with van der Waals surface area (Å²) in [5.41, 5.74) is 2.70. The normalized spacial score (nSPS) is 17.4. The van der Waals surface area contributed by atoms with Gasteiger partial charge < -0.3 is 9.80 Å². The molecule has 2 aromatic carbocycles. The molecule has 0 unspecified atom stereocenters. The molecule has 1 amide bonds. The second-order valence-electron chi connectivity index (χ2n) is 8.72. The Morgan fingerprint density at radius 3 is 2.34 bits per heavy atom. The fourth-order valence-corrected chi connectivity index (χ4v) is 5.87. The fourth-order valence-electron chi connectivity index (χ4n) is 4.82. The molecule has 3 aromatic rings. The lowest BCUT2D eigenvalue weighted by atomic mass is 10.1. The van der Waals surface area contributed by atoms with E-state index in [1.165, 1.54) is 27.8 Å². The Kier molecular flexibility index (Phi) is 7.71. The summed E-state index contributed by atoms with van der Waals surface area (Å²) < 4.78 is 1.23. The van der Waals surface area contributed by atoms with Crippen molar-refractivity contribution in [2.45, 2.75) is 25.7 Å². The van der Waals surface area contributed by atoms with Crippen LogP contribution in [0.15, 0.2) is 54.6 Å². The van der Waals surface area contributed by atoms with Crippen LogP contribution in [-0.4, -0.2) is 61.5 Å². The predicted octanol–water partition coefficient (Wildman–Crippen LogP) is 5.31. The fraction of sp³-hybridized carbons (Fsp3) is 0.423. The van der Waals surface area contributed by atoms with Crippen molar-refractivity contribution >= 4 is 45.4 Å². The molecule has 2 saturated heterocycles. The molecule has 0 N–H and O–H groups in total. The van der Waals surface area contributed by atoms with E-state index >= 15 is 0 Å². The number of hydrogen-bond acceptors (Lipinski definition) is 4. The molecular weight excluding hydrogens is 438 g/mol. The molecule has 2 aliphatic heterocycles. The maximum Gasteiger partial charge on any atom is 0.263 e. The van der Waals surface area contributed by atoms with Gasteiger partial charge in [0.15, 0.2) is 0 Å². The van der Waals surface area contributed by atoms with E-state index in [0.29, 0.717) is 0 Å². The van der Waals surface area contributed by atoms with Gasteiger partial charge in [0.25, 0.3) is 5.91 Å². The number of carbonyl (C=O) groups is 1. The zero-order valence-corrected chi connectivity index (χ0v) is 20.2. The minimum absolute atomic E-state index is 0. The molecule has 0 atom stereocenters. The summed E-state index contributed by atoms with van der Waals surface area (Å²) in [5, 5.41) is 1.24. The van der Waals surface area contributed by atoms with Crippen molar-refractivity contribution in [2.75, 3.05) is 50.7 Å². The molecule has 1 aromatic heterocycles. The first kappa shape index (κ1) is 23.1. The summed E-state index contributed by atoms with van der Waals surface area (Å²) in [4.78, 5) is 21.0. The molecule has 3 heterocycles. The van der Waals surface area contributed by atoms with Crippen LogP contribution in [0.2, 0.25) is 0 Å². The lowest BCUT2D eigenvalue weighted by Gasteiger charge is -2.36. The maximum atomic E-state index is 13.0. The van der Waals surface area contributed by atoms with Crippen LogP contribution in [-0.2, 0) is 6.42 Å². The number of nitrogens with zero attached hydrogens (tertiary/aromatic N) is 3. The molecule has 170 valence electrons. The number of carbonyl (C=O) groups excluding carboxylic acids is 1. The van der Waals surface area contributed by atoms with Gasteiger partial charge in [0.1, 0.15) is 0 Å². The van der Waals surface area contributed by atoms with Crippen LogP contribution < -0.4 is 4.90 Å². The summed E-state index contributed by atoms with van der Waals surface area (Å²) in [7, 11) is 0. The van der Waals surface area contributed by atoms with Crippen molar-refractivity contribution in [2.24, 2.45) is 0 Å². The van der Waals surface area contributed by atoms with Crippen molar-refractivity contribution < 1.29 is 4.79 Å². The highest BCUT2D eigenvalue weighted by molar-refractivity contribution is 7.20. The summed E-state index contributed by atoms with van der Waals surface area (Å²) in [6, 6.07) is 19.4. The Hall–Kier alpha value is -2.08. The molecule has 32 heavy (non-hydrogen) atoms. The van der Waals surface area contributed by atoms with Crippen LogP contribution in [0.3, 0.4) is 0 Å². The first-order valence-corrected chi connectivity index (χ1v) is 12.4. The molecule has 2 aliphatic rings. The Morgan fingerprint density at radius 2 is 1.59 bits per heavy atom. The Morgan fingerprint density at radius 1 is 0.844 bits per heavy atom. The van der Waals surface area contributed by atoms with Gasteiger partial charge in [-0.25, -0.2) is 0 Å². The Bertz CT molecular complexity index is 1020.